The number of hydrogen-bond donors (Lipinski definition) is 2. The van der Waals surface area contributed by atoms with Crippen LogP contribution in [-0.4, -0.2) is 19.0 Å². The smallest absolute Gasteiger partial charge is 0.224 e. The fourth-order valence-electron chi connectivity index (χ4n) is 2.31. The zero-order valence-electron chi connectivity index (χ0n) is 10.7. The monoisotopic (exact) mass is 388 g/mol. The van der Waals surface area contributed by atoms with E-state index in [1.54, 1.807) is 0 Å². The van der Waals surface area contributed by atoms with Crippen molar-refractivity contribution in [1.29, 1.82) is 0 Å². The maximum absolute atomic E-state index is 12.0. The average Bonchev–Trinajstić information content (AvgIpc) is 2.42. The zero-order chi connectivity index (χ0) is 13.7. The number of piperidine rings is 1. The molecule has 5 heteroatoms. The Bertz CT molecular complexity index is 445. The summed E-state index contributed by atoms with van der Waals surface area (Å²) in [6, 6.07) is 5.77. The van der Waals surface area contributed by atoms with Gasteiger partial charge in [0.25, 0.3) is 0 Å². The van der Waals surface area contributed by atoms with Crippen LogP contribution < -0.4 is 10.6 Å². The molecule has 1 saturated heterocycles. The summed E-state index contributed by atoms with van der Waals surface area (Å²) in [5.74, 6) is 0.731. The van der Waals surface area contributed by atoms with E-state index >= 15 is 0 Å². The Kier molecular flexibility index (Phi) is 5.85. The van der Waals surface area contributed by atoms with Gasteiger partial charge in [-0.05, 0) is 72.4 Å². The summed E-state index contributed by atoms with van der Waals surface area (Å²) in [4.78, 5) is 12.0. The minimum atomic E-state index is 0.0874. The molecule has 0 aliphatic carbocycles. The summed E-state index contributed by atoms with van der Waals surface area (Å²) in [6.45, 7) is 2.17. The molecule has 0 saturated carbocycles. The van der Waals surface area contributed by atoms with Gasteiger partial charge in [0.05, 0.1) is 5.69 Å². The number of nitrogens with one attached hydrogen (secondary N) is 2. The van der Waals surface area contributed by atoms with Gasteiger partial charge in [0.2, 0.25) is 5.91 Å². The lowest BCUT2D eigenvalue weighted by Crippen LogP contribution is -2.30. The normalized spacial score (nSPS) is 19.2. The number of anilines is 1. The van der Waals surface area contributed by atoms with Crippen LogP contribution >= 0.6 is 31.9 Å². The van der Waals surface area contributed by atoms with Gasteiger partial charge in [0.1, 0.15) is 0 Å². The highest BCUT2D eigenvalue weighted by molar-refractivity contribution is 9.11. The molecule has 0 bridgehead atoms. The summed E-state index contributed by atoms with van der Waals surface area (Å²) in [5.41, 5.74) is 0.821. The van der Waals surface area contributed by atoms with Crippen molar-refractivity contribution in [2.75, 3.05) is 18.4 Å². The summed E-state index contributed by atoms with van der Waals surface area (Å²) < 4.78 is 1.87. The Morgan fingerprint density at radius 2 is 2.26 bits per heavy atom. The molecule has 1 heterocycles. The molecule has 3 nitrogen and oxygen atoms in total. The van der Waals surface area contributed by atoms with E-state index in [2.05, 4.69) is 42.5 Å². The predicted octanol–water partition coefficient (Wildman–Crippen LogP) is 3.93. The Morgan fingerprint density at radius 3 is 3.00 bits per heavy atom. The molecule has 1 aromatic rings. The second kappa shape index (κ2) is 7.41. The summed E-state index contributed by atoms with van der Waals surface area (Å²) in [7, 11) is 0. The molecule has 1 aliphatic rings. The maximum atomic E-state index is 12.0. The van der Waals surface area contributed by atoms with Gasteiger partial charge in [-0.25, -0.2) is 0 Å². The number of halogens is 2. The van der Waals surface area contributed by atoms with Crippen molar-refractivity contribution in [2.45, 2.75) is 25.7 Å². The number of carbonyl (C=O) groups excluding carboxylic acids is 1. The first kappa shape index (κ1) is 15.0. The van der Waals surface area contributed by atoms with Crippen molar-refractivity contribution in [1.82, 2.24) is 5.32 Å². The van der Waals surface area contributed by atoms with Crippen LogP contribution in [0.3, 0.4) is 0 Å². The molecule has 19 heavy (non-hydrogen) atoms. The predicted molar refractivity (Wildman–Crippen MR) is 85.3 cm³/mol. The Balaban J connectivity index is 1.81. The van der Waals surface area contributed by atoms with E-state index in [9.17, 15) is 4.79 Å². The Hall–Kier alpha value is -0.390. The van der Waals surface area contributed by atoms with E-state index in [0.29, 0.717) is 12.3 Å². The van der Waals surface area contributed by atoms with Gasteiger partial charge in [-0.1, -0.05) is 15.9 Å². The molecule has 2 rings (SSSR count). The van der Waals surface area contributed by atoms with Gasteiger partial charge in [-0.2, -0.15) is 0 Å². The fraction of sp³-hybridized carbons (Fsp3) is 0.500. The van der Waals surface area contributed by atoms with Gasteiger partial charge < -0.3 is 10.6 Å². The molecule has 1 atom stereocenters. The van der Waals surface area contributed by atoms with E-state index < -0.39 is 0 Å². The van der Waals surface area contributed by atoms with E-state index in [4.69, 9.17) is 0 Å². The lowest BCUT2D eigenvalue weighted by atomic mass is 9.94. The highest BCUT2D eigenvalue weighted by atomic mass is 79.9. The second-order valence-electron chi connectivity index (χ2n) is 4.92. The average molecular weight is 390 g/mol. The highest BCUT2D eigenvalue weighted by Crippen LogP contribution is 2.26. The number of benzene rings is 1. The summed E-state index contributed by atoms with van der Waals surface area (Å²) >= 11 is 6.85. The summed E-state index contributed by atoms with van der Waals surface area (Å²) in [6.07, 6.45) is 4.01. The fourth-order valence-corrected chi connectivity index (χ4v) is 3.02. The maximum Gasteiger partial charge on any atom is 0.224 e. The van der Waals surface area contributed by atoms with Gasteiger partial charge >= 0.3 is 0 Å². The third-order valence-corrected chi connectivity index (χ3v) is 4.57. The molecule has 1 unspecified atom stereocenters. The first-order valence-electron chi connectivity index (χ1n) is 6.61. The molecular weight excluding hydrogens is 372 g/mol. The number of rotatable bonds is 4. The van der Waals surface area contributed by atoms with Crippen molar-refractivity contribution in [3.63, 3.8) is 0 Å². The molecule has 1 fully saturated rings. The van der Waals surface area contributed by atoms with Crippen LogP contribution in [0.5, 0.6) is 0 Å². The van der Waals surface area contributed by atoms with Crippen LogP contribution in [0.2, 0.25) is 0 Å². The highest BCUT2D eigenvalue weighted by Gasteiger charge is 2.14. The van der Waals surface area contributed by atoms with E-state index in [1.165, 1.54) is 12.8 Å². The minimum absolute atomic E-state index is 0.0874. The molecule has 104 valence electrons. The van der Waals surface area contributed by atoms with E-state index in [1.807, 2.05) is 18.2 Å². The van der Waals surface area contributed by atoms with Gasteiger partial charge in [0.15, 0.2) is 0 Å². The first-order valence-corrected chi connectivity index (χ1v) is 8.19. The first-order chi connectivity index (χ1) is 9.15. The lowest BCUT2D eigenvalue weighted by molar-refractivity contribution is -0.116. The van der Waals surface area contributed by atoms with Crippen molar-refractivity contribution in [3.05, 3.63) is 27.1 Å². The van der Waals surface area contributed by atoms with Crippen LogP contribution in [0.4, 0.5) is 5.69 Å². The molecular formula is C14H18Br2N2O. The quantitative estimate of drug-likeness (QED) is 0.818. The van der Waals surface area contributed by atoms with Crippen LogP contribution in [0.25, 0.3) is 0 Å². The molecule has 0 aromatic heterocycles. The van der Waals surface area contributed by atoms with Crippen LogP contribution in [0, 0.1) is 5.92 Å². The lowest BCUT2D eigenvalue weighted by Gasteiger charge is -2.22. The van der Waals surface area contributed by atoms with Crippen molar-refractivity contribution in [2.24, 2.45) is 5.92 Å². The molecule has 0 spiro atoms. The molecule has 0 radical (unpaired) electrons. The van der Waals surface area contributed by atoms with Crippen molar-refractivity contribution < 1.29 is 4.79 Å². The van der Waals surface area contributed by atoms with Gasteiger partial charge in [-0.15, -0.1) is 0 Å². The molecule has 2 N–H and O–H groups in total. The number of carbonyl (C=O) groups is 1. The Labute approximate surface area is 130 Å². The van der Waals surface area contributed by atoms with Gasteiger partial charge in [0, 0.05) is 15.4 Å². The van der Waals surface area contributed by atoms with Crippen molar-refractivity contribution >= 4 is 43.5 Å². The topological polar surface area (TPSA) is 41.1 Å². The number of amides is 1. The second-order valence-corrected chi connectivity index (χ2v) is 6.69. The molecule has 1 aliphatic heterocycles. The largest absolute Gasteiger partial charge is 0.325 e. The zero-order valence-corrected chi connectivity index (χ0v) is 13.9. The van der Waals surface area contributed by atoms with Crippen molar-refractivity contribution in [3.8, 4) is 0 Å². The minimum Gasteiger partial charge on any atom is -0.325 e. The molecule has 1 amide bonds. The van der Waals surface area contributed by atoms with Crippen LogP contribution in [0.1, 0.15) is 25.7 Å². The van der Waals surface area contributed by atoms with Crippen LogP contribution in [-0.2, 0) is 4.79 Å². The Morgan fingerprint density at radius 1 is 1.42 bits per heavy atom. The third-order valence-electron chi connectivity index (χ3n) is 3.38. The standard InChI is InChI=1S/C14H18Br2N2O/c15-11-4-5-12(16)13(8-11)18-14(19)6-3-10-2-1-7-17-9-10/h4-5,8,10,17H,1-3,6-7,9H2,(H,18,19). The molecule has 1 aromatic carbocycles. The third kappa shape index (κ3) is 4.89. The van der Waals surface area contributed by atoms with E-state index in [0.717, 1.165) is 34.1 Å². The van der Waals surface area contributed by atoms with Crippen LogP contribution in [0.15, 0.2) is 27.1 Å². The number of hydrogen-bond acceptors (Lipinski definition) is 2. The van der Waals surface area contributed by atoms with E-state index in [-0.39, 0.29) is 5.91 Å². The summed E-state index contributed by atoms with van der Waals surface area (Å²) in [5, 5.41) is 6.33. The SMILES string of the molecule is O=C(CCC1CCCNC1)Nc1cc(Br)ccc1Br. The van der Waals surface area contributed by atoms with Gasteiger partial charge in [-0.3, -0.25) is 4.79 Å².